The Labute approximate surface area is 151 Å². The van der Waals surface area contributed by atoms with Crippen LogP contribution in [-0.2, 0) is 6.42 Å². The van der Waals surface area contributed by atoms with E-state index < -0.39 is 0 Å². The van der Waals surface area contributed by atoms with Gasteiger partial charge in [-0.1, -0.05) is 45.2 Å². The minimum Gasteiger partial charge on any atom is -0.507 e. The Balaban J connectivity index is 1.94. The van der Waals surface area contributed by atoms with Crippen molar-refractivity contribution in [2.45, 2.75) is 52.4 Å². The number of aliphatic imine (C=N–C) groups is 1. The van der Waals surface area contributed by atoms with Crippen molar-refractivity contribution in [1.82, 2.24) is 0 Å². The monoisotopic (exact) mass is 339 g/mol. The lowest BCUT2D eigenvalue weighted by Gasteiger charge is -2.07. The summed E-state index contributed by atoms with van der Waals surface area (Å²) in [7, 11) is 0. The van der Waals surface area contributed by atoms with E-state index in [0.717, 1.165) is 24.9 Å². The van der Waals surface area contributed by atoms with Crippen molar-refractivity contribution in [3.8, 4) is 11.5 Å². The van der Waals surface area contributed by atoms with Crippen molar-refractivity contribution in [2.75, 3.05) is 6.61 Å². The summed E-state index contributed by atoms with van der Waals surface area (Å²) in [6.07, 6.45) is 8.67. The van der Waals surface area contributed by atoms with E-state index >= 15 is 0 Å². The molecule has 3 heteroatoms. The summed E-state index contributed by atoms with van der Waals surface area (Å²) >= 11 is 0. The molecule has 0 unspecified atom stereocenters. The highest BCUT2D eigenvalue weighted by Crippen LogP contribution is 2.23. The van der Waals surface area contributed by atoms with E-state index in [1.807, 2.05) is 24.3 Å². The fourth-order valence-electron chi connectivity index (χ4n) is 2.53. The third-order valence-electron chi connectivity index (χ3n) is 4.13. The van der Waals surface area contributed by atoms with Gasteiger partial charge >= 0.3 is 0 Å². The molecule has 0 heterocycles. The minimum atomic E-state index is 0.189. The standard InChI is InChI=1S/C22H29NO2/c1-3-5-7-8-18-9-12-20(13-10-18)23-17-19-11-14-21(16-22(19)24)25-15-6-4-2/h9-14,16-17,24H,3-8,15H2,1-2H3. The Bertz CT molecular complexity index is 662. The fourth-order valence-corrected chi connectivity index (χ4v) is 2.53. The SMILES string of the molecule is CCCCCc1ccc(N=Cc2ccc(OCCCC)cc2O)cc1. The second-order valence-corrected chi connectivity index (χ2v) is 6.30. The van der Waals surface area contributed by atoms with Crippen LogP contribution in [0.15, 0.2) is 47.5 Å². The molecule has 25 heavy (non-hydrogen) atoms. The molecule has 0 radical (unpaired) electrons. The molecule has 0 bridgehead atoms. The summed E-state index contributed by atoms with van der Waals surface area (Å²) in [5, 5.41) is 10.1. The maximum atomic E-state index is 10.1. The number of hydrogen-bond donors (Lipinski definition) is 1. The normalized spacial score (nSPS) is 11.1. The lowest BCUT2D eigenvalue weighted by Crippen LogP contribution is -1.96. The zero-order valence-electron chi connectivity index (χ0n) is 15.4. The fraction of sp³-hybridized carbons (Fsp3) is 0.409. The van der Waals surface area contributed by atoms with Gasteiger partial charge in [0.2, 0.25) is 0 Å². The van der Waals surface area contributed by atoms with Crippen LogP contribution in [0.2, 0.25) is 0 Å². The molecule has 2 aromatic carbocycles. The van der Waals surface area contributed by atoms with Crippen LogP contribution in [0, 0.1) is 0 Å². The predicted octanol–water partition coefficient (Wildman–Crippen LogP) is 6.05. The summed E-state index contributed by atoms with van der Waals surface area (Å²) in [6, 6.07) is 13.7. The van der Waals surface area contributed by atoms with Crippen molar-refractivity contribution in [2.24, 2.45) is 4.99 Å². The number of nitrogens with zero attached hydrogens (tertiary/aromatic N) is 1. The van der Waals surface area contributed by atoms with Gasteiger partial charge < -0.3 is 9.84 Å². The lowest BCUT2D eigenvalue weighted by atomic mass is 10.1. The summed E-state index contributed by atoms with van der Waals surface area (Å²) in [6.45, 7) is 5.02. The third-order valence-corrected chi connectivity index (χ3v) is 4.13. The van der Waals surface area contributed by atoms with Crippen LogP contribution in [0.4, 0.5) is 5.69 Å². The second kappa shape index (κ2) is 10.5. The van der Waals surface area contributed by atoms with Crippen LogP contribution < -0.4 is 4.74 Å². The van der Waals surface area contributed by atoms with Crippen molar-refractivity contribution in [3.05, 3.63) is 53.6 Å². The largest absolute Gasteiger partial charge is 0.507 e. The molecule has 0 aliphatic heterocycles. The Morgan fingerprint density at radius 1 is 0.960 bits per heavy atom. The van der Waals surface area contributed by atoms with Crippen molar-refractivity contribution < 1.29 is 9.84 Å². The van der Waals surface area contributed by atoms with Gasteiger partial charge in [0.05, 0.1) is 12.3 Å². The number of aromatic hydroxyl groups is 1. The molecule has 0 aromatic heterocycles. The Hall–Kier alpha value is -2.29. The Kier molecular flexibility index (Phi) is 8.03. The highest BCUT2D eigenvalue weighted by molar-refractivity contribution is 5.85. The molecule has 0 fully saturated rings. The summed E-state index contributed by atoms with van der Waals surface area (Å²) < 4.78 is 5.59. The first kappa shape index (κ1) is 19.0. The molecule has 0 saturated carbocycles. The predicted molar refractivity (Wildman–Crippen MR) is 105 cm³/mol. The molecule has 2 aromatic rings. The van der Waals surface area contributed by atoms with Gasteiger partial charge in [-0.25, -0.2) is 0 Å². The molecule has 134 valence electrons. The molecule has 0 saturated heterocycles. The maximum Gasteiger partial charge on any atom is 0.128 e. The lowest BCUT2D eigenvalue weighted by molar-refractivity contribution is 0.307. The number of hydrogen-bond acceptors (Lipinski definition) is 3. The molecule has 2 rings (SSSR count). The first-order valence-corrected chi connectivity index (χ1v) is 9.31. The van der Waals surface area contributed by atoms with Crippen molar-refractivity contribution >= 4 is 11.9 Å². The number of ether oxygens (including phenoxy) is 1. The van der Waals surface area contributed by atoms with Crippen LogP contribution in [-0.4, -0.2) is 17.9 Å². The number of rotatable bonds is 10. The molecular weight excluding hydrogens is 310 g/mol. The first-order valence-electron chi connectivity index (χ1n) is 9.31. The molecule has 0 amide bonds. The van der Waals surface area contributed by atoms with Crippen molar-refractivity contribution in [3.63, 3.8) is 0 Å². The van der Waals surface area contributed by atoms with Gasteiger partial charge in [-0.15, -0.1) is 0 Å². The quantitative estimate of drug-likeness (QED) is 0.422. The van der Waals surface area contributed by atoms with Crippen LogP contribution >= 0.6 is 0 Å². The van der Waals surface area contributed by atoms with Gasteiger partial charge in [-0.2, -0.15) is 0 Å². The number of aryl methyl sites for hydroxylation is 1. The number of phenols is 1. The highest BCUT2D eigenvalue weighted by Gasteiger charge is 2.02. The molecule has 0 aliphatic carbocycles. The maximum absolute atomic E-state index is 10.1. The van der Waals surface area contributed by atoms with E-state index in [1.165, 1.54) is 24.8 Å². The van der Waals surface area contributed by atoms with Gasteiger partial charge in [0, 0.05) is 17.8 Å². The van der Waals surface area contributed by atoms with Crippen LogP contribution in [0.25, 0.3) is 0 Å². The molecule has 0 aliphatic rings. The van der Waals surface area contributed by atoms with Crippen LogP contribution in [0.1, 0.15) is 57.1 Å². The van der Waals surface area contributed by atoms with Gasteiger partial charge in [-0.3, -0.25) is 4.99 Å². The number of phenolic OH excluding ortho intramolecular Hbond substituents is 1. The molecule has 1 N–H and O–H groups in total. The number of benzene rings is 2. The second-order valence-electron chi connectivity index (χ2n) is 6.30. The zero-order valence-corrected chi connectivity index (χ0v) is 15.4. The van der Waals surface area contributed by atoms with Crippen molar-refractivity contribution in [1.29, 1.82) is 0 Å². The van der Waals surface area contributed by atoms with E-state index in [2.05, 4.69) is 31.0 Å². The zero-order chi connectivity index (χ0) is 17.9. The topological polar surface area (TPSA) is 41.8 Å². The molecule has 3 nitrogen and oxygen atoms in total. The van der Waals surface area contributed by atoms with Gasteiger partial charge in [0.25, 0.3) is 0 Å². The highest BCUT2D eigenvalue weighted by atomic mass is 16.5. The first-order chi connectivity index (χ1) is 12.2. The van der Waals surface area contributed by atoms with E-state index in [0.29, 0.717) is 17.9 Å². The smallest absolute Gasteiger partial charge is 0.128 e. The van der Waals surface area contributed by atoms with E-state index in [1.54, 1.807) is 12.3 Å². The average Bonchev–Trinajstić information content (AvgIpc) is 2.62. The van der Waals surface area contributed by atoms with Crippen LogP contribution in [0.5, 0.6) is 11.5 Å². The van der Waals surface area contributed by atoms with Gasteiger partial charge in [-0.05, 0) is 49.1 Å². The van der Waals surface area contributed by atoms with Gasteiger partial charge in [0.1, 0.15) is 11.5 Å². The summed E-state index contributed by atoms with van der Waals surface area (Å²) in [5.74, 6) is 0.883. The Morgan fingerprint density at radius 2 is 1.72 bits per heavy atom. The van der Waals surface area contributed by atoms with Gasteiger partial charge in [0.15, 0.2) is 0 Å². The third kappa shape index (κ3) is 6.61. The summed E-state index contributed by atoms with van der Waals surface area (Å²) in [5.41, 5.74) is 2.93. The van der Waals surface area contributed by atoms with Crippen LogP contribution in [0.3, 0.4) is 0 Å². The molecular formula is C22H29NO2. The molecule has 0 spiro atoms. The number of unbranched alkanes of at least 4 members (excludes halogenated alkanes) is 3. The van der Waals surface area contributed by atoms with E-state index in [9.17, 15) is 5.11 Å². The molecule has 0 atom stereocenters. The Morgan fingerprint density at radius 3 is 2.40 bits per heavy atom. The van der Waals surface area contributed by atoms with E-state index in [-0.39, 0.29) is 5.75 Å². The summed E-state index contributed by atoms with van der Waals surface area (Å²) in [4.78, 5) is 4.45. The average molecular weight is 339 g/mol. The van der Waals surface area contributed by atoms with E-state index in [4.69, 9.17) is 4.74 Å². The minimum absolute atomic E-state index is 0.189.